The summed E-state index contributed by atoms with van der Waals surface area (Å²) in [6, 6.07) is 18.3. The standard InChI is InChI=1S/C26H28N2O6S/c1-32-23-9-5-4-7-21(23)27-35(30,31)20-13-10-18(11-14-20)26(29)28-16-6-8-22(28)19-12-15-24(33-2)25(17-19)34-3/h4-5,7,9-15,17,22,27H,6,8,16H2,1-3H3. The maximum atomic E-state index is 13.3. The Morgan fingerprint density at radius 1 is 0.886 bits per heavy atom. The Balaban J connectivity index is 1.53. The molecule has 35 heavy (non-hydrogen) atoms. The minimum Gasteiger partial charge on any atom is -0.495 e. The van der Waals surface area contributed by atoms with Crippen LogP contribution < -0.4 is 18.9 Å². The highest BCUT2D eigenvalue weighted by Crippen LogP contribution is 2.37. The van der Waals surface area contributed by atoms with Crippen LogP contribution in [0.5, 0.6) is 17.2 Å². The molecular formula is C26H28N2O6S. The van der Waals surface area contributed by atoms with Gasteiger partial charge in [-0.1, -0.05) is 18.2 Å². The van der Waals surface area contributed by atoms with Crippen molar-refractivity contribution in [1.82, 2.24) is 4.90 Å². The summed E-state index contributed by atoms with van der Waals surface area (Å²) in [6.07, 6.45) is 1.70. The van der Waals surface area contributed by atoms with Gasteiger partial charge in [0.15, 0.2) is 11.5 Å². The summed E-state index contributed by atoms with van der Waals surface area (Å²) < 4.78 is 44.2. The molecule has 1 aliphatic heterocycles. The number of benzene rings is 3. The van der Waals surface area contributed by atoms with Crippen molar-refractivity contribution in [2.75, 3.05) is 32.6 Å². The maximum absolute atomic E-state index is 13.3. The van der Waals surface area contributed by atoms with Crippen LogP contribution >= 0.6 is 0 Å². The topological polar surface area (TPSA) is 94.2 Å². The number of para-hydroxylation sites is 2. The number of carbonyl (C=O) groups excluding carboxylic acids is 1. The van der Waals surface area contributed by atoms with E-state index in [-0.39, 0.29) is 16.8 Å². The molecule has 3 aromatic carbocycles. The first-order valence-corrected chi connectivity index (χ1v) is 12.6. The summed E-state index contributed by atoms with van der Waals surface area (Å²) in [5.74, 6) is 1.51. The zero-order valence-electron chi connectivity index (χ0n) is 19.9. The summed E-state index contributed by atoms with van der Waals surface area (Å²) >= 11 is 0. The van der Waals surface area contributed by atoms with E-state index in [1.54, 1.807) is 50.6 Å². The Kier molecular flexibility index (Phi) is 7.16. The largest absolute Gasteiger partial charge is 0.495 e. The van der Waals surface area contributed by atoms with E-state index in [1.807, 2.05) is 23.1 Å². The van der Waals surface area contributed by atoms with Crippen molar-refractivity contribution < 1.29 is 27.4 Å². The molecule has 1 heterocycles. The van der Waals surface area contributed by atoms with Crippen molar-refractivity contribution in [2.24, 2.45) is 0 Å². The molecule has 1 unspecified atom stereocenters. The molecule has 9 heteroatoms. The average molecular weight is 497 g/mol. The van der Waals surface area contributed by atoms with Crippen molar-refractivity contribution >= 4 is 21.6 Å². The van der Waals surface area contributed by atoms with Gasteiger partial charge in [0.05, 0.1) is 38.0 Å². The number of likely N-dealkylation sites (tertiary alicyclic amines) is 1. The highest BCUT2D eigenvalue weighted by Gasteiger charge is 2.31. The number of nitrogens with one attached hydrogen (secondary N) is 1. The van der Waals surface area contributed by atoms with Gasteiger partial charge in [-0.05, 0) is 66.9 Å². The molecule has 184 valence electrons. The van der Waals surface area contributed by atoms with Gasteiger partial charge in [0.1, 0.15) is 5.75 Å². The number of nitrogens with zero attached hydrogens (tertiary/aromatic N) is 1. The summed E-state index contributed by atoms with van der Waals surface area (Å²) in [4.78, 5) is 15.2. The second kappa shape index (κ2) is 10.3. The van der Waals surface area contributed by atoms with Gasteiger partial charge >= 0.3 is 0 Å². The van der Waals surface area contributed by atoms with Gasteiger partial charge < -0.3 is 19.1 Å². The first kappa shape index (κ1) is 24.4. The van der Waals surface area contributed by atoms with Crippen LogP contribution in [-0.4, -0.2) is 47.1 Å². The molecule has 1 N–H and O–H groups in total. The SMILES string of the molecule is COc1ccccc1NS(=O)(=O)c1ccc(C(=O)N2CCCC2c2ccc(OC)c(OC)c2)cc1. The van der Waals surface area contributed by atoms with Crippen molar-refractivity contribution in [3.63, 3.8) is 0 Å². The lowest BCUT2D eigenvalue weighted by Crippen LogP contribution is -2.30. The molecule has 1 aliphatic rings. The number of carbonyl (C=O) groups is 1. The molecule has 0 spiro atoms. The number of hydrogen-bond donors (Lipinski definition) is 1. The van der Waals surface area contributed by atoms with E-state index in [2.05, 4.69) is 4.72 Å². The number of hydrogen-bond acceptors (Lipinski definition) is 6. The summed E-state index contributed by atoms with van der Waals surface area (Å²) in [7, 11) is 0.780. The number of methoxy groups -OCH3 is 3. The molecule has 1 saturated heterocycles. The number of sulfonamides is 1. The minimum absolute atomic E-state index is 0.0535. The second-order valence-corrected chi connectivity index (χ2v) is 9.78. The Labute approximate surface area is 205 Å². The molecule has 4 rings (SSSR count). The van der Waals surface area contributed by atoms with Gasteiger partial charge in [-0.15, -0.1) is 0 Å². The highest BCUT2D eigenvalue weighted by molar-refractivity contribution is 7.92. The normalized spacial score (nSPS) is 15.5. The van der Waals surface area contributed by atoms with E-state index in [0.29, 0.717) is 35.0 Å². The monoisotopic (exact) mass is 496 g/mol. The molecule has 1 fully saturated rings. The zero-order chi connectivity index (χ0) is 25.0. The molecule has 3 aromatic rings. The number of ether oxygens (including phenoxy) is 3. The van der Waals surface area contributed by atoms with Crippen LogP contribution in [0.25, 0.3) is 0 Å². The van der Waals surface area contributed by atoms with Crippen molar-refractivity contribution in [3.05, 3.63) is 77.9 Å². The Hall–Kier alpha value is -3.72. The molecule has 0 aliphatic carbocycles. The van der Waals surface area contributed by atoms with E-state index in [4.69, 9.17) is 14.2 Å². The highest BCUT2D eigenvalue weighted by atomic mass is 32.2. The molecule has 0 bridgehead atoms. The van der Waals surface area contributed by atoms with Crippen LogP contribution in [-0.2, 0) is 10.0 Å². The quantitative estimate of drug-likeness (QED) is 0.494. The maximum Gasteiger partial charge on any atom is 0.262 e. The third-order valence-corrected chi connectivity index (χ3v) is 7.45. The predicted octanol–water partition coefficient (Wildman–Crippen LogP) is 4.49. The van der Waals surface area contributed by atoms with Crippen LogP contribution in [0.1, 0.15) is 34.8 Å². The average Bonchev–Trinajstić information content (AvgIpc) is 3.38. The van der Waals surface area contributed by atoms with Gasteiger partial charge in [-0.25, -0.2) is 8.42 Å². The fourth-order valence-corrected chi connectivity index (χ4v) is 5.36. The number of rotatable bonds is 8. The van der Waals surface area contributed by atoms with E-state index < -0.39 is 10.0 Å². The Bertz CT molecular complexity index is 1310. The third kappa shape index (κ3) is 5.05. The number of anilines is 1. The van der Waals surface area contributed by atoms with Gasteiger partial charge in [0.2, 0.25) is 0 Å². The molecule has 1 atom stereocenters. The Morgan fingerprint density at radius 2 is 1.57 bits per heavy atom. The molecular weight excluding hydrogens is 468 g/mol. The van der Waals surface area contributed by atoms with Crippen molar-refractivity contribution in [1.29, 1.82) is 0 Å². The lowest BCUT2D eigenvalue weighted by Gasteiger charge is -2.26. The van der Waals surface area contributed by atoms with E-state index in [0.717, 1.165) is 18.4 Å². The fourth-order valence-electron chi connectivity index (χ4n) is 4.29. The van der Waals surface area contributed by atoms with Gasteiger partial charge in [0, 0.05) is 12.1 Å². The number of amides is 1. The van der Waals surface area contributed by atoms with Crippen LogP contribution in [0.15, 0.2) is 71.6 Å². The zero-order valence-corrected chi connectivity index (χ0v) is 20.7. The van der Waals surface area contributed by atoms with Crippen LogP contribution in [0.3, 0.4) is 0 Å². The van der Waals surface area contributed by atoms with Gasteiger partial charge in [-0.2, -0.15) is 0 Å². The fraction of sp³-hybridized carbons (Fsp3) is 0.269. The molecule has 0 radical (unpaired) electrons. The molecule has 0 aromatic heterocycles. The van der Waals surface area contributed by atoms with E-state index >= 15 is 0 Å². The van der Waals surface area contributed by atoms with E-state index in [1.165, 1.54) is 19.2 Å². The smallest absolute Gasteiger partial charge is 0.262 e. The lowest BCUT2D eigenvalue weighted by molar-refractivity contribution is 0.0735. The Morgan fingerprint density at radius 3 is 2.26 bits per heavy atom. The van der Waals surface area contributed by atoms with E-state index in [9.17, 15) is 13.2 Å². The summed E-state index contributed by atoms with van der Waals surface area (Å²) in [5, 5.41) is 0. The molecule has 1 amide bonds. The second-order valence-electron chi connectivity index (χ2n) is 8.10. The van der Waals surface area contributed by atoms with Crippen LogP contribution in [0.2, 0.25) is 0 Å². The minimum atomic E-state index is -3.86. The molecule has 8 nitrogen and oxygen atoms in total. The first-order valence-electron chi connectivity index (χ1n) is 11.2. The van der Waals surface area contributed by atoms with Gasteiger partial charge in [0.25, 0.3) is 15.9 Å². The first-order chi connectivity index (χ1) is 16.9. The van der Waals surface area contributed by atoms with Crippen LogP contribution in [0.4, 0.5) is 5.69 Å². The molecule has 0 saturated carbocycles. The third-order valence-electron chi connectivity index (χ3n) is 6.07. The summed E-state index contributed by atoms with van der Waals surface area (Å²) in [6.45, 7) is 0.618. The summed E-state index contributed by atoms with van der Waals surface area (Å²) in [5.41, 5.74) is 1.73. The van der Waals surface area contributed by atoms with Crippen LogP contribution in [0, 0.1) is 0 Å². The predicted molar refractivity (Wildman–Crippen MR) is 133 cm³/mol. The van der Waals surface area contributed by atoms with Crippen molar-refractivity contribution in [3.8, 4) is 17.2 Å². The van der Waals surface area contributed by atoms with Crippen molar-refractivity contribution in [2.45, 2.75) is 23.8 Å². The van der Waals surface area contributed by atoms with Gasteiger partial charge in [-0.3, -0.25) is 9.52 Å². The lowest BCUT2D eigenvalue weighted by atomic mass is 10.0.